The van der Waals surface area contributed by atoms with E-state index in [1.54, 1.807) is 39.8 Å². The van der Waals surface area contributed by atoms with E-state index in [0.29, 0.717) is 67.8 Å². The van der Waals surface area contributed by atoms with Crippen LogP contribution in [0, 0.1) is 5.41 Å². The van der Waals surface area contributed by atoms with Gasteiger partial charge in [-0.15, -0.1) is 0 Å². The zero-order chi connectivity index (χ0) is 31.7. The number of piperazine rings is 1. The molecule has 3 heterocycles. The van der Waals surface area contributed by atoms with E-state index in [0.717, 1.165) is 22.6 Å². The second kappa shape index (κ2) is 12.3. The monoisotopic (exact) mass is 612 g/mol. The Morgan fingerprint density at radius 2 is 1.60 bits per heavy atom. The molecule has 2 aromatic carbocycles. The molecule has 0 spiro atoms. The molecule has 3 aliphatic rings. The first-order valence-corrected chi connectivity index (χ1v) is 15.2. The molecule has 1 aliphatic carbocycles. The number of aromatic nitrogens is 2. The van der Waals surface area contributed by atoms with Gasteiger partial charge in [0.25, 0.3) is 0 Å². The highest BCUT2D eigenvalue weighted by atomic mass is 16.5. The van der Waals surface area contributed by atoms with Crippen molar-refractivity contribution < 1.29 is 23.8 Å². The average molecular weight is 613 g/mol. The summed E-state index contributed by atoms with van der Waals surface area (Å²) in [6.45, 7) is 6.64. The molecule has 0 bridgehead atoms. The first-order chi connectivity index (χ1) is 21.7. The summed E-state index contributed by atoms with van der Waals surface area (Å²) in [5, 5.41) is 3.62. The fraction of sp³-hybridized carbons (Fsp3) is 0.412. The molecule has 1 amide bonds. The molecule has 1 unspecified atom stereocenters. The number of Topliss-reactive ketones (excluding diaryl/α,β-unsaturated/α-hetero) is 1. The maximum absolute atomic E-state index is 14.1. The average Bonchev–Trinajstić information content (AvgIpc) is 3.18. The van der Waals surface area contributed by atoms with Crippen molar-refractivity contribution >= 4 is 29.0 Å². The lowest BCUT2D eigenvalue weighted by molar-refractivity contribution is -0.130. The largest absolute Gasteiger partial charge is 0.493 e. The predicted molar refractivity (Wildman–Crippen MR) is 172 cm³/mol. The van der Waals surface area contributed by atoms with E-state index in [2.05, 4.69) is 38.9 Å². The number of para-hydroxylation sites is 2. The molecule has 1 fully saturated rings. The molecule has 6 rings (SSSR count). The van der Waals surface area contributed by atoms with Gasteiger partial charge in [-0.1, -0.05) is 26.0 Å². The minimum Gasteiger partial charge on any atom is -0.493 e. The van der Waals surface area contributed by atoms with Gasteiger partial charge < -0.3 is 34.2 Å². The predicted octanol–water partition coefficient (Wildman–Crippen LogP) is 4.47. The Labute approximate surface area is 263 Å². The molecule has 11 heteroatoms. The second-order valence-corrected chi connectivity index (χ2v) is 12.4. The standard InChI is InChI=1S/C34H40N6O5/c1-34(2)19-24-30(26(41)20-34)31(22-17-27(43-3)32(45-5)28(18-22)44-4)40(25-10-7-6-9-23(25)37-24)21-29(42)38-13-15-39(16-14-38)33-35-11-8-12-36-33/h6-12,17-18,31,37H,13-16,19-21H2,1-5H3. The number of hydrogen-bond acceptors (Lipinski definition) is 10. The van der Waals surface area contributed by atoms with Gasteiger partial charge in [-0.2, -0.15) is 0 Å². The summed E-state index contributed by atoms with van der Waals surface area (Å²) in [6, 6.07) is 12.9. The number of allylic oxidation sites excluding steroid dienone is 1. The highest BCUT2D eigenvalue weighted by Gasteiger charge is 2.43. The smallest absolute Gasteiger partial charge is 0.242 e. The van der Waals surface area contributed by atoms with E-state index in [9.17, 15) is 9.59 Å². The Bertz CT molecular complexity index is 1590. The maximum Gasteiger partial charge on any atom is 0.242 e. The van der Waals surface area contributed by atoms with Crippen molar-refractivity contribution in [2.75, 3.05) is 69.2 Å². The SMILES string of the molecule is COc1cc(C2C3=C(CC(C)(C)CC3=O)Nc3ccccc3N2CC(=O)N2CCN(c3ncccn3)CC2)cc(OC)c1OC. The Morgan fingerprint density at radius 1 is 0.933 bits per heavy atom. The maximum atomic E-state index is 14.1. The molecule has 1 atom stereocenters. The summed E-state index contributed by atoms with van der Waals surface area (Å²) in [5.74, 6) is 2.11. The summed E-state index contributed by atoms with van der Waals surface area (Å²) in [6.07, 6.45) is 4.54. The van der Waals surface area contributed by atoms with Gasteiger partial charge in [0.05, 0.1) is 45.3 Å². The lowest BCUT2D eigenvalue weighted by Gasteiger charge is -2.40. The van der Waals surface area contributed by atoms with Crippen molar-refractivity contribution in [3.05, 3.63) is 71.7 Å². The van der Waals surface area contributed by atoms with Gasteiger partial charge in [0.15, 0.2) is 17.3 Å². The van der Waals surface area contributed by atoms with Crippen LogP contribution in [-0.4, -0.2) is 80.6 Å². The number of rotatable bonds is 7. The van der Waals surface area contributed by atoms with Crippen LogP contribution in [0.15, 0.2) is 66.1 Å². The normalized spacial score (nSPS) is 19.3. The molecule has 11 nitrogen and oxygen atoms in total. The van der Waals surface area contributed by atoms with Crippen LogP contribution in [-0.2, 0) is 9.59 Å². The topological polar surface area (TPSA) is 109 Å². The van der Waals surface area contributed by atoms with E-state index >= 15 is 0 Å². The number of nitrogens with one attached hydrogen (secondary N) is 1. The molecule has 2 aliphatic heterocycles. The number of anilines is 3. The summed E-state index contributed by atoms with van der Waals surface area (Å²) in [5.41, 5.74) is 3.75. The van der Waals surface area contributed by atoms with Gasteiger partial charge in [-0.25, -0.2) is 9.97 Å². The second-order valence-electron chi connectivity index (χ2n) is 12.4. The Hall–Kier alpha value is -4.80. The number of hydrogen-bond donors (Lipinski definition) is 1. The highest BCUT2D eigenvalue weighted by Crippen LogP contribution is 2.50. The highest BCUT2D eigenvalue weighted by molar-refractivity contribution is 6.02. The number of methoxy groups -OCH3 is 3. The van der Waals surface area contributed by atoms with Crippen LogP contribution in [0.25, 0.3) is 0 Å². The van der Waals surface area contributed by atoms with Crippen LogP contribution in [0.2, 0.25) is 0 Å². The van der Waals surface area contributed by atoms with Crippen LogP contribution in [0.1, 0.15) is 38.3 Å². The minimum absolute atomic E-state index is 0.0245. The minimum atomic E-state index is -0.587. The first-order valence-electron chi connectivity index (χ1n) is 15.2. The van der Waals surface area contributed by atoms with Crippen LogP contribution >= 0.6 is 0 Å². The zero-order valence-electron chi connectivity index (χ0n) is 26.5. The number of ketones is 1. The van der Waals surface area contributed by atoms with Crippen molar-refractivity contribution in [1.29, 1.82) is 0 Å². The lowest BCUT2D eigenvalue weighted by atomic mass is 9.73. The van der Waals surface area contributed by atoms with E-state index in [1.807, 2.05) is 41.3 Å². The van der Waals surface area contributed by atoms with Crippen molar-refractivity contribution in [1.82, 2.24) is 14.9 Å². The Kier molecular flexibility index (Phi) is 8.26. The first kappa shape index (κ1) is 30.2. The van der Waals surface area contributed by atoms with E-state index in [-0.39, 0.29) is 23.7 Å². The van der Waals surface area contributed by atoms with Gasteiger partial charge in [0, 0.05) is 56.3 Å². The molecule has 45 heavy (non-hydrogen) atoms. The van der Waals surface area contributed by atoms with Gasteiger partial charge >= 0.3 is 0 Å². The number of ether oxygens (including phenoxy) is 3. The summed E-state index contributed by atoms with van der Waals surface area (Å²) < 4.78 is 17.1. The lowest BCUT2D eigenvalue weighted by Crippen LogP contribution is -2.52. The van der Waals surface area contributed by atoms with E-state index in [4.69, 9.17) is 14.2 Å². The molecule has 3 aromatic rings. The molecule has 1 aromatic heterocycles. The van der Waals surface area contributed by atoms with Crippen LogP contribution < -0.4 is 29.3 Å². The Morgan fingerprint density at radius 3 is 2.24 bits per heavy atom. The van der Waals surface area contributed by atoms with Crippen LogP contribution in [0.5, 0.6) is 17.2 Å². The van der Waals surface area contributed by atoms with Gasteiger partial charge in [0.2, 0.25) is 17.6 Å². The van der Waals surface area contributed by atoms with Crippen molar-refractivity contribution in [3.63, 3.8) is 0 Å². The fourth-order valence-corrected chi connectivity index (χ4v) is 6.69. The third-order valence-electron chi connectivity index (χ3n) is 8.78. The number of fused-ring (bicyclic) bond motifs is 1. The van der Waals surface area contributed by atoms with Gasteiger partial charge in [0.1, 0.15) is 0 Å². The molecular weight excluding hydrogens is 572 g/mol. The van der Waals surface area contributed by atoms with E-state index in [1.165, 1.54) is 0 Å². The number of carbonyl (C=O) groups is 2. The zero-order valence-corrected chi connectivity index (χ0v) is 26.5. The Balaban J connectivity index is 1.43. The quantitative estimate of drug-likeness (QED) is 0.411. The van der Waals surface area contributed by atoms with Crippen molar-refractivity contribution in [2.45, 2.75) is 32.7 Å². The third kappa shape index (κ3) is 5.86. The van der Waals surface area contributed by atoms with Crippen molar-refractivity contribution in [3.8, 4) is 17.2 Å². The molecule has 0 saturated carbocycles. The van der Waals surface area contributed by atoms with E-state index < -0.39 is 6.04 Å². The number of amides is 1. The number of carbonyl (C=O) groups excluding carboxylic acids is 2. The number of benzene rings is 2. The summed E-state index contributed by atoms with van der Waals surface area (Å²) >= 11 is 0. The fourth-order valence-electron chi connectivity index (χ4n) is 6.69. The molecule has 1 N–H and O–H groups in total. The number of nitrogens with zero attached hydrogens (tertiary/aromatic N) is 5. The van der Waals surface area contributed by atoms with Gasteiger partial charge in [-0.05, 0) is 47.7 Å². The van der Waals surface area contributed by atoms with Crippen LogP contribution in [0.3, 0.4) is 0 Å². The molecule has 0 radical (unpaired) electrons. The van der Waals surface area contributed by atoms with Crippen molar-refractivity contribution in [2.24, 2.45) is 5.41 Å². The summed E-state index contributed by atoms with van der Waals surface area (Å²) in [4.78, 5) is 43.1. The van der Waals surface area contributed by atoms with Crippen LogP contribution in [0.4, 0.5) is 17.3 Å². The third-order valence-corrected chi connectivity index (χ3v) is 8.78. The van der Waals surface area contributed by atoms with Gasteiger partial charge in [-0.3, -0.25) is 9.59 Å². The molecule has 236 valence electrons. The summed E-state index contributed by atoms with van der Waals surface area (Å²) in [7, 11) is 4.71. The molecule has 1 saturated heterocycles. The molecular formula is C34H40N6O5.